The molecule has 3 aliphatic rings. The van der Waals surface area contributed by atoms with E-state index in [1.165, 1.54) is 24.3 Å². The number of nitrogens with one attached hydrogen (secondary N) is 1. The number of halogens is 1. The molecular formula is C17H16FNO5. The van der Waals surface area contributed by atoms with Gasteiger partial charge < -0.3 is 14.8 Å². The van der Waals surface area contributed by atoms with Crippen LogP contribution in [0.3, 0.4) is 0 Å². The second-order valence-corrected chi connectivity index (χ2v) is 6.59. The number of fused-ring (bicyclic) bond motifs is 1. The maximum absolute atomic E-state index is 12.8. The minimum absolute atomic E-state index is 0.0432. The fourth-order valence-electron chi connectivity index (χ4n) is 4.29. The fourth-order valence-corrected chi connectivity index (χ4v) is 4.29. The van der Waals surface area contributed by atoms with Crippen LogP contribution in [0.15, 0.2) is 24.3 Å². The molecule has 2 saturated carbocycles. The summed E-state index contributed by atoms with van der Waals surface area (Å²) >= 11 is 0. The van der Waals surface area contributed by atoms with Gasteiger partial charge in [0.25, 0.3) is 5.91 Å². The summed E-state index contributed by atoms with van der Waals surface area (Å²) in [5.41, 5.74) is 0.416. The number of ether oxygens (including phenoxy) is 2. The van der Waals surface area contributed by atoms with Crippen molar-refractivity contribution < 1.29 is 28.2 Å². The van der Waals surface area contributed by atoms with Gasteiger partial charge in [-0.15, -0.1) is 0 Å². The molecule has 5 atom stereocenters. The van der Waals surface area contributed by atoms with E-state index in [-0.39, 0.29) is 23.9 Å². The Morgan fingerprint density at radius 1 is 1.25 bits per heavy atom. The first kappa shape index (κ1) is 15.1. The summed E-state index contributed by atoms with van der Waals surface area (Å²) in [6.45, 7) is -0.435. The van der Waals surface area contributed by atoms with E-state index >= 15 is 0 Å². The molecule has 2 bridgehead atoms. The van der Waals surface area contributed by atoms with Crippen LogP contribution in [0.4, 0.5) is 10.1 Å². The third-order valence-corrected chi connectivity index (χ3v) is 5.23. The molecule has 1 N–H and O–H groups in total. The highest BCUT2D eigenvalue weighted by Crippen LogP contribution is 2.57. The molecule has 7 heteroatoms. The van der Waals surface area contributed by atoms with Crippen molar-refractivity contribution >= 4 is 23.5 Å². The molecule has 1 heterocycles. The summed E-state index contributed by atoms with van der Waals surface area (Å²) in [4.78, 5) is 36.0. The first-order chi connectivity index (χ1) is 11.5. The van der Waals surface area contributed by atoms with Crippen LogP contribution in [-0.2, 0) is 23.9 Å². The lowest BCUT2D eigenvalue weighted by atomic mass is 9.80. The second-order valence-electron chi connectivity index (χ2n) is 6.59. The largest absolute Gasteiger partial charge is 0.462 e. The number of hydrogen-bond donors (Lipinski definition) is 1. The summed E-state index contributed by atoms with van der Waals surface area (Å²) in [6, 6.07) is 5.28. The summed E-state index contributed by atoms with van der Waals surface area (Å²) in [5, 5.41) is 2.52. The van der Waals surface area contributed by atoms with Crippen LogP contribution in [0.2, 0.25) is 0 Å². The summed E-state index contributed by atoms with van der Waals surface area (Å²) in [7, 11) is 0. The molecule has 1 amide bonds. The standard InChI is InChI=1S/C17H16FNO5/c18-9-1-3-10(4-2-9)19-13(20)7-23-16(21)14-8-5-11-12(6-8)24-17(22)15(11)14/h1-4,8,11-12,14-15H,5-7H2,(H,19,20)/t8-,11-,12-,14+,15+/m1/s1. The molecule has 0 spiro atoms. The molecule has 0 unspecified atom stereocenters. The predicted molar refractivity (Wildman–Crippen MR) is 79.1 cm³/mol. The van der Waals surface area contributed by atoms with Crippen LogP contribution >= 0.6 is 0 Å². The van der Waals surface area contributed by atoms with E-state index in [2.05, 4.69) is 5.32 Å². The van der Waals surface area contributed by atoms with Crippen molar-refractivity contribution in [3.63, 3.8) is 0 Å². The Hall–Kier alpha value is -2.44. The summed E-state index contributed by atoms with van der Waals surface area (Å²) < 4.78 is 23.2. The zero-order valence-corrected chi connectivity index (χ0v) is 12.7. The van der Waals surface area contributed by atoms with Gasteiger partial charge in [0.2, 0.25) is 0 Å². The predicted octanol–water partition coefficient (Wildman–Crippen LogP) is 1.50. The Bertz CT molecular complexity index is 701. The van der Waals surface area contributed by atoms with Crippen molar-refractivity contribution in [3.05, 3.63) is 30.1 Å². The molecular weight excluding hydrogens is 317 g/mol. The van der Waals surface area contributed by atoms with Crippen LogP contribution in [0.5, 0.6) is 0 Å². The normalized spacial score (nSPS) is 32.5. The molecule has 0 radical (unpaired) electrons. The molecule has 0 aromatic heterocycles. The van der Waals surface area contributed by atoms with Crippen LogP contribution in [0.1, 0.15) is 12.8 Å². The van der Waals surface area contributed by atoms with Gasteiger partial charge in [-0.25, -0.2) is 4.39 Å². The zero-order chi connectivity index (χ0) is 16.8. The monoisotopic (exact) mass is 333 g/mol. The molecule has 1 aromatic carbocycles. The molecule has 1 aromatic rings. The minimum Gasteiger partial charge on any atom is -0.462 e. The van der Waals surface area contributed by atoms with Gasteiger partial charge in [-0.3, -0.25) is 14.4 Å². The quantitative estimate of drug-likeness (QED) is 0.845. The molecule has 3 fully saturated rings. The van der Waals surface area contributed by atoms with Crippen LogP contribution in [-0.4, -0.2) is 30.6 Å². The number of carbonyl (C=O) groups is 3. The van der Waals surface area contributed by atoms with Crippen molar-refractivity contribution in [2.45, 2.75) is 18.9 Å². The van der Waals surface area contributed by atoms with Gasteiger partial charge in [0.15, 0.2) is 6.61 Å². The van der Waals surface area contributed by atoms with Gasteiger partial charge >= 0.3 is 11.9 Å². The Kier molecular flexibility index (Phi) is 3.51. The van der Waals surface area contributed by atoms with Crippen molar-refractivity contribution in [2.24, 2.45) is 23.7 Å². The SMILES string of the molecule is O=C(COC(=O)[C@H]1[C@@H]2C[C@H]3[C@@H]1C(=O)O[C@@H]3C2)Nc1ccc(F)cc1. The van der Waals surface area contributed by atoms with Gasteiger partial charge in [0, 0.05) is 11.6 Å². The molecule has 1 aliphatic heterocycles. The van der Waals surface area contributed by atoms with E-state index in [0.717, 1.165) is 6.42 Å². The highest BCUT2D eigenvalue weighted by molar-refractivity contribution is 5.93. The molecule has 24 heavy (non-hydrogen) atoms. The maximum Gasteiger partial charge on any atom is 0.310 e. The number of benzene rings is 1. The van der Waals surface area contributed by atoms with Crippen LogP contribution < -0.4 is 5.32 Å². The van der Waals surface area contributed by atoms with Gasteiger partial charge in [-0.1, -0.05) is 0 Å². The van der Waals surface area contributed by atoms with Gasteiger partial charge in [-0.05, 0) is 43.0 Å². The smallest absolute Gasteiger partial charge is 0.310 e. The van der Waals surface area contributed by atoms with Crippen molar-refractivity contribution in [2.75, 3.05) is 11.9 Å². The molecule has 4 rings (SSSR count). The second kappa shape index (κ2) is 5.58. The molecule has 126 valence electrons. The first-order valence-electron chi connectivity index (χ1n) is 7.95. The van der Waals surface area contributed by atoms with Crippen molar-refractivity contribution in [1.29, 1.82) is 0 Å². The third-order valence-electron chi connectivity index (χ3n) is 5.23. The number of amides is 1. The Labute approximate surface area is 137 Å². The minimum atomic E-state index is -0.515. The van der Waals surface area contributed by atoms with E-state index in [0.29, 0.717) is 12.1 Å². The van der Waals surface area contributed by atoms with Crippen LogP contribution in [0, 0.1) is 29.5 Å². The van der Waals surface area contributed by atoms with E-state index < -0.39 is 36.1 Å². The number of carbonyl (C=O) groups excluding carboxylic acids is 3. The highest BCUT2D eigenvalue weighted by Gasteiger charge is 2.64. The summed E-state index contributed by atoms with van der Waals surface area (Å²) in [6.07, 6.45) is 1.47. The fraction of sp³-hybridized carbons (Fsp3) is 0.471. The number of anilines is 1. The highest BCUT2D eigenvalue weighted by atomic mass is 19.1. The molecule has 6 nitrogen and oxygen atoms in total. The first-order valence-corrected chi connectivity index (χ1v) is 7.95. The van der Waals surface area contributed by atoms with Crippen molar-refractivity contribution in [3.8, 4) is 0 Å². The van der Waals surface area contributed by atoms with E-state index in [1.807, 2.05) is 0 Å². The lowest BCUT2D eigenvalue weighted by molar-refractivity contribution is -0.157. The third kappa shape index (κ3) is 2.44. The molecule has 2 aliphatic carbocycles. The summed E-state index contributed by atoms with van der Waals surface area (Å²) in [5.74, 6) is -2.44. The Morgan fingerprint density at radius 3 is 2.75 bits per heavy atom. The zero-order valence-electron chi connectivity index (χ0n) is 12.7. The lowest BCUT2D eigenvalue weighted by Gasteiger charge is -2.22. The van der Waals surface area contributed by atoms with Gasteiger partial charge in [-0.2, -0.15) is 0 Å². The average Bonchev–Trinajstić information content (AvgIpc) is 3.16. The van der Waals surface area contributed by atoms with Crippen LogP contribution in [0.25, 0.3) is 0 Å². The lowest BCUT2D eigenvalue weighted by Crippen LogP contribution is -2.34. The van der Waals surface area contributed by atoms with Crippen molar-refractivity contribution in [1.82, 2.24) is 0 Å². The number of hydrogen-bond acceptors (Lipinski definition) is 5. The average molecular weight is 333 g/mol. The Morgan fingerprint density at radius 2 is 2.00 bits per heavy atom. The van der Waals surface area contributed by atoms with Gasteiger partial charge in [0.05, 0.1) is 11.8 Å². The Balaban J connectivity index is 1.33. The van der Waals surface area contributed by atoms with Gasteiger partial charge in [0.1, 0.15) is 11.9 Å². The number of esters is 2. The molecule has 1 saturated heterocycles. The number of rotatable bonds is 4. The van der Waals surface area contributed by atoms with E-state index in [9.17, 15) is 18.8 Å². The van der Waals surface area contributed by atoms with E-state index in [1.54, 1.807) is 0 Å². The topological polar surface area (TPSA) is 81.7 Å². The maximum atomic E-state index is 12.8. The van der Waals surface area contributed by atoms with E-state index in [4.69, 9.17) is 9.47 Å².